The van der Waals surface area contributed by atoms with Crippen molar-refractivity contribution in [2.45, 2.75) is 19.4 Å². The van der Waals surface area contributed by atoms with Crippen LogP contribution in [-0.4, -0.2) is 41.7 Å². The highest BCUT2D eigenvalue weighted by Crippen LogP contribution is 2.39. The molecule has 0 bridgehead atoms. The Morgan fingerprint density at radius 1 is 1.39 bits per heavy atom. The minimum atomic E-state index is -4.67. The van der Waals surface area contributed by atoms with Crippen molar-refractivity contribution >= 4 is 44.7 Å². The molecule has 0 spiro atoms. The second-order valence-corrected chi connectivity index (χ2v) is 7.77. The van der Waals surface area contributed by atoms with Gasteiger partial charge >= 0.3 is 0 Å². The number of anilines is 1. The van der Waals surface area contributed by atoms with Crippen LogP contribution in [0.3, 0.4) is 0 Å². The summed E-state index contributed by atoms with van der Waals surface area (Å²) in [7, 11) is -4.67. The molecule has 0 amide bonds. The van der Waals surface area contributed by atoms with Crippen LogP contribution in [0.5, 0.6) is 0 Å². The van der Waals surface area contributed by atoms with E-state index >= 15 is 0 Å². The zero-order chi connectivity index (χ0) is 17.4. The summed E-state index contributed by atoms with van der Waals surface area (Å²) < 4.78 is 34.3. The lowest BCUT2D eigenvalue weighted by Gasteiger charge is -2.40. The fraction of sp³-hybridized carbons (Fsp3) is 0.462. The molecular weight excluding hydrogens is 365 g/mol. The van der Waals surface area contributed by atoms with Crippen molar-refractivity contribution in [3.63, 3.8) is 0 Å². The molecule has 10 heteroatoms. The van der Waals surface area contributed by atoms with Crippen LogP contribution >= 0.6 is 23.2 Å². The maximum atomic E-state index is 11.4. The van der Waals surface area contributed by atoms with Crippen molar-refractivity contribution in [2.75, 3.05) is 17.4 Å². The molecule has 0 radical (unpaired) electrons. The maximum Gasteiger partial charge on any atom is 0.138 e. The van der Waals surface area contributed by atoms with Crippen LogP contribution in [0.2, 0.25) is 10.0 Å². The van der Waals surface area contributed by atoms with Crippen molar-refractivity contribution in [3.05, 3.63) is 28.2 Å². The summed E-state index contributed by atoms with van der Waals surface area (Å²) in [4.78, 5) is 0. The van der Waals surface area contributed by atoms with Gasteiger partial charge in [0.2, 0.25) is 0 Å². The van der Waals surface area contributed by atoms with Gasteiger partial charge in [-0.05, 0) is 18.1 Å². The number of benzene rings is 1. The minimum absolute atomic E-state index is 0.220. The topological polar surface area (TPSA) is 105 Å². The molecule has 1 atom stereocenters. The van der Waals surface area contributed by atoms with E-state index < -0.39 is 28.0 Å². The lowest BCUT2D eigenvalue weighted by molar-refractivity contribution is 0.236. The molecule has 0 saturated carbocycles. The number of nitrogens with zero attached hydrogens (tertiary/aromatic N) is 2. The summed E-state index contributed by atoms with van der Waals surface area (Å²) in [5.41, 5.74) is 1.63. The summed E-state index contributed by atoms with van der Waals surface area (Å²) in [6, 6.07) is 4.75. The van der Waals surface area contributed by atoms with Gasteiger partial charge in [-0.1, -0.05) is 43.1 Å². The van der Waals surface area contributed by atoms with Crippen molar-refractivity contribution in [2.24, 2.45) is 11.0 Å². The summed E-state index contributed by atoms with van der Waals surface area (Å²) in [5.74, 6) is -1.09. The molecule has 0 saturated heterocycles. The molecule has 0 fully saturated rings. The molecule has 0 aromatic heterocycles. The van der Waals surface area contributed by atoms with E-state index in [1.807, 2.05) is 0 Å². The van der Waals surface area contributed by atoms with Crippen molar-refractivity contribution in [1.29, 1.82) is 0 Å². The van der Waals surface area contributed by atoms with E-state index in [1.54, 1.807) is 32.0 Å². The van der Waals surface area contributed by atoms with Gasteiger partial charge in [-0.25, -0.2) is 14.0 Å². The van der Waals surface area contributed by atoms with E-state index in [-0.39, 0.29) is 21.7 Å². The third-order valence-electron chi connectivity index (χ3n) is 3.56. The Labute approximate surface area is 144 Å². The third-order valence-corrected chi connectivity index (χ3v) is 5.00. The van der Waals surface area contributed by atoms with Crippen LogP contribution < -0.4 is 10.5 Å². The van der Waals surface area contributed by atoms with Crippen molar-refractivity contribution in [3.8, 4) is 0 Å². The molecule has 1 aromatic carbocycles. The Morgan fingerprint density at radius 3 is 2.39 bits per heavy atom. The molecule has 1 heterocycles. The largest absolute Gasteiger partial charge is 0.748 e. The normalized spacial score (nSPS) is 21.5. The second kappa shape index (κ2) is 6.45. The number of hydrogen-bond donors (Lipinski definition) is 2. The average Bonchev–Trinajstić information content (AvgIpc) is 2.76. The molecule has 128 valence electrons. The zero-order valence-electron chi connectivity index (χ0n) is 12.5. The zero-order valence-corrected chi connectivity index (χ0v) is 14.8. The number of para-hydroxylation sites is 1. The maximum absolute atomic E-state index is 11.4. The van der Waals surface area contributed by atoms with Gasteiger partial charge in [0.1, 0.15) is 5.54 Å². The summed E-state index contributed by atoms with van der Waals surface area (Å²) in [6.07, 6.45) is 0. The molecule has 1 aliphatic heterocycles. The number of hydrazone groups is 1. The van der Waals surface area contributed by atoms with Crippen LogP contribution in [0.1, 0.15) is 13.8 Å². The lowest BCUT2D eigenvalue weighted by atomic mass is 9.88. The number of halogens is 2. The van der Waals surface area contributed by atoms with Gasteiger partial charge in [0.25, 0.3) is 0 Å². The van der Waals surface area contributed by atoms with E-state index in [2.05, 4.69) is 10.6 Å². The number of aliphatic hydroxyl groups is 1. The Hall–Kier alpha value is -1.06. The van der Waals surface area contributed by atoms with Gasteiger partial charge in [0.05, 0.1) is 43.9 Å². The number of hydrogen-bond acceptors (Lipinski definition) is 7. The van der Waals surface area contributed by atoms with Gasteiger partial charge in [0, 0.05) is 0 Å². The van der Waals surface area contributed by atoms with Crippen LogP contribution in [0.15, 0.2) is 23.3 Å². The standard InChI is InChI=1S/C13H17Cl2N3O4S/c1-8(2)12-13(6-19,7-23(20,21)22)18(17-16-12)11-9(14)4-3-5-10(11)15/h3-5,8,17,19H,6-7H2,1-2H3,(H,20,21,22)/p-1. The highest BCUT2D eigenvalue weighted by Gasteiger charge is 2.49. The summed E-state index contributed by atoms with van der Waals surface area (Å²) in [5, 5.41) is 15.8. The van der Waals surface area contributed by atoms with Gasteiger partial charge in [-0.15, -0.1) is 0 Å². The predicted octanol–water partition coefficient (Wildman–Crippen LogP) is 1.61. The highest BCUT2D eigenvalue weighted by atomic mass is 35.5. The number of rotatable bonds is 5. The lowest BCUT2D eigenvalue weighted by Crippen LogP contribution is -2.61. The van der Waals surface area contributed by atoms with Gasteiger partial charge in [0.15, 0.2) is 0 Å². The van der Waals surface area contributed by atoms with E-state index in [0.29, 0.717) is 5.71 Å². The average molecular weight is 381 g/mol. The first-order valence-electron chi connectivity index (χ1n) is 6.75. The Kier molecular flexibility index (Phi) is 5.12. The first kappa shape index (κ1) is 18.3. The van der Waals surface area contributed by atoms with Gasteiger partial charge in [-0.2, -0.15) is 5.10 Å². The van der Waals surface area contributed by atoms with Crippen molar-refractivity contribution < 1.29 is 18.1 Å². The third kappa shape index (κ3) is 3.41. The van der Waals surface area contributed by atoms with Crippen molar-refractivity contribution in [1.82, 2.24) is 5.53 Å². The SMILES string of the molecule is CC(C)C1=NNN(c2c(Cl)cccc2Cl)C1(CO)CS(=O)(=O)[O-]. The molecule has 2 rings (SSSR count). The Morgan fingerprint density at radius 2 is 1.96 bits per heavy atom. The second-order valence-electron chi connectivity index (χ2n) is 5.55. The van der Waals surface area contributed by atoms with E-state index in [1.165, 1.54) is 5.01 Å². The van der Waals surface area contributed by atoms with E-state index in [4.69, 9.17) is 23.2 Å². The smallest absolute Gasteiger partial charge is 0.138 e. The van der Waals surface area contributed by atoms with Crippen LogP contribution in [0.4, 0.5) is 5.69 Å². The van der Waals surface area contributed by atoms with Crippen LogP contribution in [0.25, 0.3) is 0 Å². The first-order valence-corrected chi connectivity index (χ1v) is 9.08. The van der Waals surface area contributed by atoms with Crippen LogP contribution in [0, 0.1) is 5.92 Å². The molecule has 1 unspecified atom stereocenters. The summed E-state index contributed by atoms with van der Waals surface area (Å²) in [6.45, 7) is 2.90. The fourth-order valence-corrected chi connectivity index (χ4v) is 4.20. The van der Waals surface area contributed by atoms with Crippen LogP contribution in [-0.2, 0) is 10.1 Å². The van der Waals surface area contributed by atoms with Gasteiger partial charge in [-0.3, -0.25) is 5.01 Å². The highest BCUT2D eigenvalue weighted by molar-refractivity contribution is 7.85. The molecule has 0 aliphatic carbocycles. The minimum Gasteiger partial charge on any atom is -0.748 e. The Balaban J connectivity index is 2.64. The first-order chi connectivity index (χ1) is 10.6. The van der Waals surface area contributed by atoms with E-state index in [9.17, 15) is 18.1 Å². The monoisotopic (exact) mass is 380 g/mol. The Bertz CT molecular complexity index is 718. The quantitative estimate of drug-likeness (QED) is 0.751. The number of nitrogens with one attached hydrogen (secondary N) is 1. The molecule has 1 aliphatic rings. The number of aliphatic hydroxyl groups excluding tert-OH is 1. The summed E-state index contributed by atoms with van der Waals surface area (Å²) >= 11 is 12.3. The molecule has 7 nitrogen and oxygen atoms in total. The molecule has 1 aromatic rings. The van der Waals surface area contributed by atoms with Gasteiger partial charge < -0.3 is 9.66 Å². The molecular formula is C13H16Cl2N3O4S-. The number of hydrazine groups is 1. The molecule has 2 N–H and O–H groups in total. The predicted molar refractivity (Wildman–Crippen MR) is 88.7 cm³/mol. The molecule has 23 heavy (non-hydrogen) atoms. The fourth-order valence-electron chi connectivity index (χ4n) is 2.68. The van der Waals surface area contributed by atoms with E-state index in [0.717, 1.165) is 0 Å².